The maximum Gasteiger partial charge on any atom is 0.262 e. The highest BCUT2D eigenvalue weighted by Crippen LogP contribution is 2.28. The Labute approximate surface area is 123 Å². The molecule has 1 aromatic rings. The van der Waals surface area contributed by atoms with E-state index in [-0.39, 0.29) is 24.5 Å². The number of ether oxygens (including phenoxy) is 1. The molecular weight excluding hydrogens is 270 g/mol. The quantitative estimate of drug-likeness (QED) is 0.755. The highest BCUT2D eigenvalue weighted by atomic mass is 16.5. The highest BCUT2D eigenvalue weighted by molar-refractivity contribution is 5.99. The maximum absolute atomic E-state index is 12.3. The van der Waals surface area contributed by atoms with Crippen LogP contribution < -0.4 is 20.7 Å². The monoisotopic (exact) mass is 289 g/mol. The number of amides is 2. The maximum atomic E-state index is 12.3. The average Bonchev–Trinajstić information content (AvgIpc) is 2.46. The molecule has 0 aliphatic carbocycles. The molecule has 0 aromatic heterocycles. The number of hydrogen-bond donors (Lipinski definition) is 3. The van der Waals surface area contributed by atoms with E-state index in [2.05, 4.69) is 22.9 Å². The van der Waals surface area contributed by atoms with Crippen LogP contribution in [0.4, 0.5) is 5.69 Å². The minimum atomic E-state index is -0.202. The fourth-order valence-corrected chi connectivity index (χ4v) is 2.76. The Morgan fingerprint density at radius 1 is 1.43 bits per heavy atom. The number of fused-ring (bicyclic) bond motifs is 1. The van der Waals surface area contributed by atoms with Gasteiger partial charge in [-0.15, -0.1) is 0 Å². The molecule has 0 radical (unpaired) electrons. The van der Waals surface area contributed by atoms with E-state index in [1.54, 1.807) is 18.2 Å². The number of nitrogens with one attached hydrogen (secondary N) is 3. The number of carbonyl (C=O) groups is 2. The van der Waals surface area contributed by atoms with Crippen molar-refractivity contribution in [3.8, 4) is 5.75 Å². The van der Waals surface area contributed by atoms with Crippen LogP contribution in [0.2, 0.25) is 0 Å². The topological polar surface area (TPSA) is 79.5 Å². The third-order valence-electron chi connectivity index (χ3n) is 3.83. The first-order valence-electron chi connectivity index (χ1n) is 7.23. The summed E-state index contributed by atoms with van der Waals surface area (Å²) in [5.41, 5.74) is 1.09. The molecular formula is C15H19N3O3. The van der Waals surface area contributed by atoms with E-state index in [0.29, 0.717) is 23.0 Å². The van der Waals surface area contributed by atoms with Crippen LogP contribution in [0.1, 0.15) is 30.1 Å². The van der Waals surface area contributed by atoms with Crippen molar-refractivity contribution >= 4 is 17.5 Å². The van der Waals surface area contributed by atoms with E-state index in [4.69, 9.17) is 4.74 Å². The summed E-state index contributed by atoms with van der Waals surface area (Å²) in [5.74, 6) is 0.283. The summed E-state index contributed by atoms with van der Waals surface area (Å²) in [6.45, 7) is 3.05. The summed E-state index contributed by atoms with van der Waals surface area (Å²) in [5, 5.41) is 9.12. The number of rotatable bonds is 2. The van der Waals surface area contributed by atoms with Crippen molar-refractivity contribution in [2.75, 3.05) is 18.5 Å². The van der Waals surface area contributed by atoms with Crippen molar-refractivity contribution in [3.05, 3.63) is 23.8 Å². The van der Waals surface area contributed by atoms with Crippen molar-refractivity contribution < 1.29 is 14.3 Å². The van der Waals surface area contributed by atoms with Gasteiger partial charge in [0.25, 0.3) is 11.8 Å². The van der Waals surface area contributed by atoms with E-state index >= 15 is 0 Å². The van der Waals surface area contributed by atoms with E-state index < -0.39 is 0 Å². The molecule has 1 saturated heterocycles. The number of benzene rings is 1. The zero-order chi connectivity index (χ0) is 14.8. The summed E-state index contributed by atoms with van der Waals surface area (Å²) in [4.78, 5) is 23.6. The van der Waals surface area contributed by atoms with Gasteiger partial charge in [0.1, 0.15) is 5.75 Å². The van der Waals surface area contributed by atoms with E-state index in [0.717, 1.165) is 19.4 Å². The molecule has 2 aliphatic heterocycles. The lowest BCUT2D eigenvalue weighted by Gasteiger charge is -2.28. The molecule has 2 amide bonds. The van der Waals surface area contributed by atoms with Crippen molar-refractivity contribution in [2.45, 2.75) is 31.8 Å². The first-order chi connectivity index (χ1) is 10.1. The molecule has 6 heteroatoms. The number of hydrogen-bond acceptors (Lipinski definition) is 4. The molecule has 112 valence electrons. The minimum absolute atomic E-state index is 0.0194. The van der Waals surface area contributed by atoms with Gasteiger partial charge in [0.05, 0.1) is 5.69 Å². The third-order valence-corrected chi connectivity index (χ3v) is 3.83. The van der Waals surface area contributed by atoms with Crippen LogP contribution in [0.5, 0.6) is 5.75 Å². The molecule has 3 N–H and O–H groups in total. The molecule has 0 saturated carbocycles. The van der Waals surface area contributed by atoms with E-state index in [1.165, 1.54) is 0 Å². The summed E-state index contributed by atoms with van der Waals surface area (Å²) in [7, 11) is 0. The molecule has 3 rings (SSSR count). The van der Waals surface area contributed by atoms with Crippen LogP contribution in [-0.4, -0.2) is 37.0 Å². The van der Waals surface area contributed by atoms with E-state index in [9.17, 15) is 9.59 Å². The first kappa shape index (κ1) is 13.9. The molecule has 1 aromatic carbocycles. The van der Waals surface area contributed by atoms with Gasteiger partial charge in [-0.1, -0.05) is 0 Å². The summed E-state index contributed by atoms with van der Waals surface area (Å²) in [6.07, 6.45) is 1.86. The molecule has 1 fully saturated rings. The lowest BCUT2D eigenvalue weighted by Crippen LogP contribution is -2.46. The molecule has 0 spiro atoms. The van der Waals surface area contributed by atoms with Crippen molar-refractivity contribution in [1.29, 1.82) is 0 Å². The molecule has 21 heavy (non-hydrogen) atoms. The van der Waals surface area contributed by atoms with Gasteiger partial charge >= 0.3 is 0 Å². The Bertz CT molecular complexity index is 573. The SMILES string of the molecule is CC1CC(NC(=O)c2ccc3c(c2)NC(=O)CO3)CCN1. The van der Waals surface area contributed by atoms with Crippen LogP contribution >= 0.6 is 0 Å². The molecule has 6 nitrogen and oxygen atoms in total. The van der Waals surface area contributed by atoms with Gasteiger partial charge in [0, 0.05) is 17.6 Å². The summed E-state index contributed by atoms with van der Waals surface area (Å²) in [6, 6.07) is 5.70. The molecule has 0 bridgehead atoms. The second-order valence-corrected chi connectivity index (χ2v) is 5.60. The van der Waals surface area contributed by atoms with Crippen LogP contribution in [0, 0.1) is 0 Å². The average molecular weight is 289 g/mol. The van der Waals surface area contributed by atoms with Gasteiger partial charge in [-0.25, -0.2) is 0 Å². The zero-order valence-electron chi connectivity index (χ0n) is 11.9. The number of carbonyl (C=O) groups excluding carboxylic acids is 2. The van der Waals surface area contributed by atoms with Gasteiger partial charge in [-0.2, -0.15) is 0 Å². The van der Waals surface area contributed by atoms with Gasteiger partial charge in [-0.3, -0.25) is 9.59 Å². The van der Waals surface area contributed by atoms with E-state index in [1.807, 2.05) is 0 Å². The van der Waals surface area contributed by atoms with Gasteiger partial charge in [0.2, 0.25) is 0 Å². The Morgan fingerprint density at radius 3 is 3.10 bits per heavy atom. The lowest BCUT2D eigenvalue weighted by atomic mass is 10.00. The Morgan fingerprint density at radius 2 is 2.29 bits per heavy atom. The summed E-state index contributed by atoms with van der Waals surface area (Å²) >= 11 is 0. The first-order valence-corrected chi connectivity index (χ1v) is 7.23. The fraction of sp³-hybridized carbons (Fsp3) is 0.467. The van der Waals surface area contributed by atoms with Crippen molar-refractivity contribution in [2.24, 2.45) is 0 Å². The second kappa shape index (κ2) is 5.73. The molecule has 2 heterocycles. The highest BCUT2D eigenvalue weighted by Gasteiger charge is 2.22. The van der Waals surface area contributed by atoms with Gasteiger partial charge < -0.3 is 20.7 Å². The number of anilines is 1. The second-order valence-electron chi connectivity index (χ2n) is 5.60. The Kier molecular flexibility index (Phi) is 3.79. The smallest absolute Gasteiger partial charge is 0.262 e. The largest absolute Gasteiger partial charge is 0.482 e. The predicted molar refractivity (Wildman–Crippen MR) is 78.5 cm³/mol. The standard InChI is InChI=1S/C15H19N3O3/c1-9-6-11(4-5-16-9)17-15(20)10-2-3-13-12(7-10)18-14(19)8-21-13/h2-3,7,9,11,16H,4-6,8H2,1H3,(H,17,20)(H,18,19). The normalized spacial score (nSPS) is 24.5. The lowest BCUT2D eigenvalue weighted by molar-refractivity contribution is -0.118. The minimum Gasteiger partial charge on any atom is -0.482 e. The van der Waals surface area contributed by atoms with Crippen molar-refractivity contribution in [1.82, 2.24) is 10.6 Å². The Balaban J connectivity index is 1.70. The third kappa shape index (κ3) is 3.16. The van der Waals surface area contributed by atoms with Crippen LogP contribution in [0.3, 0.4) is 0 Å². The van der Waals surface area contributed by atoms with Crippen LogP contribution in [0.15, 0.2) is 18.2 Å². The van der Waals surface area contributed by atoms with Crippen molar-refractivity contribution in [3.63, 3.8) is 0 Å². The van der Waals surface area contributed by atoms with Gasteiger partial charge in [0.15, 0.2) is 6.61 Å². The van der Waals surface area contributed by atoms with Crippen LogP contribution in [0.25, 0.3) is 0 Å². The van der Waals surface area contributed by atoms with Gasteiger partial charge in [-0.05, 0) is 44.5 Å². The predicted octanol–water partition coefficient (Wildman–Crippen LogP) is 0.888. The van der Waals surface area contributed by atoms with Crippen LogP contribution in [-0.2, 0) is 4.79 Å². The number of piperidine rings is 1. The molecule has 2 unspecified atom stereocenters. The summed E-state index contributed by atoms with van der Waals surface area (Å²) < 4.78 is 5.28. The molecule has 2 atom stereocenters. The zero-order valence-corrected chi connectivity index (χ0v) is 11.9. The Hall–Kier alpha value is -2.08. The molecule has 2 aliphatic rings. The fourth-order valence-electron chi connectivity index (χ4n) is 2.76.